The number of hydrogen-bond donors (Lipinski definition) is 1. The van der Waals surface area contributed by atoms with Crippen LogP contribution in [0.3, 0.4) is 0 Å². The number of benzene rings is 1. The third-order valence-corrected chi connectivity index (χ3v) is 4.14. The van der Waals surface area contributed by atoms with Gasteiger partial charge in [0.1, 0.15) is 5.75 Å². The normalized spacial score (nSPS) is 10.5. The summed E-state index contributed by atoms with van der Waals surface area (Å²) < 4.78 is 6.28. The maximum atomic E-state index is 11.3. The molecule has 1 aromatic heterocycles. The molecule has 1 N–H and O–H groups in total. The molecule has 0 saturated carbocycles. The Bertz CT molecular complexity index is 533. The van der Waals surface area contributed by atoms with Gasteiger partial charge in [0.2, 0.25) is 0 Å². The second kappa shape index (κ2) is 3.83. The van der Waals surface area contributed by atoms with Crippen LogP contribution >= 0.6 is 27.3 Å². The van der Waals surface area contributed by atoms with Gasteiger partial charge in [0, 0.05) is 9.86 Å². The highest BCUT2D eigenvalue weighted by atomic mass is 79.9. The Morgan fingerprint density at radius 1 is 1.53 bits per heavy atom. The largest absolute Gasteiger partial charge is 0.505 e. The minimum atomic E-state index is -0.513. The Labute approximate surface area is 98.4 Å². The standard InChI is InChI=1S/C10H7BrO3S/c1-14-10(13)9-7(12)5-3-2-4-6(11)8(5)15-9/h2-4,12H,1H3. The topological polar surface area (TPSA) is 46.5 Å². The minimum absolute atomic E-state index is 0.0110. The van der Waals surface area contributed by atoms with Crippen LogP contribution in [0.2, 0.25) is 0 Å². The Morgan fingerprint density at radius 3 is 2.87 bits per heavy atom. The second-order valence-corrected chi connectivity index (χ2v) is 4.76. The molecule has 0 aliphatic heterocycles. The van der Waals surface area contributed by atoms with Crippen molar-refractivity contribution in [3.05, 3.63) is 27.5 Å². The van der Waals surface area contributed by atoms with E-state index in [1.54, 1.807) is 12.1 Å². The van der Waals surface area contributed by atoms with E-state index in [0.717, 1.165) is 9.17 Å². The number of halogens is 1. The highest BCUT2D eigenvalue weighted by Gasteiger charge is 2.19. The molecule has 1 aromatic carbocycles. The zero-order valence-electron chi connectivity index (χ0n) is 7.78. The van der Waals surface area contributed by atoms with Crippen LogP contribution in [0.4, 0.5) is 0 Å². The molecule has 15 heavy (non-hydrogen) atoms. The Hall–Kier alpha value is -1.07. The number of carbonyl (C=O) groups excluding carboxylic acids is 1. The first-order chi connectivity index (χ1) is 7.15. The SMILES string of the molecule is COC(=O)c1sc2c(Br)cccc2c1O. The van der Waals surface area contributed by atoms with Crippen LogP contribution in [0.25, 0.3) is 10.1 Å². The average Bonchev–Trinajstić information content (AvgIpc) is 2.57. The summed E-state index contributed by atoms with van der Waals surface area (Å²) in [6.07, 6.45) is 0. The number of hydrogen-bond acceptors (Lipinski definition) is 4. The molecular formula is C10H7BrO3S. The predicted octanol–water partition coefficient (Wildman–Crippen LogP) is 3.16. The van der Waals surface area contributed by atoms with Gasteiger partial charge in [0.05, 0.1) is 11.8 Å². The van der Waals surface area contributed by atoms with E-state index in [1.165, 1.54) is 18.4 Å². The summed E-state index contributed by atoms with van der Waals surface area (Å²) >= 11 is 4.57. The van der Waals surface area contributed by atoms with Crippen LogP contribution in [0.5, 0.6) is 5.75 Å². The summed E-state index contributed by atoms with van der Waals surface area (Å²) in [6, 6.07) is 5.43. The molecule has 0 radical (unpaired) electrons. The van der Waals surface area contributed by atoms with Gasteiger partial charge in [0.25, 0.3) is 0 Å². The van der Waals surface area contributed by atoms with Gasteiger partial charge in [-0.2, -0.15) is 0 Å². The third-order valence-electron chi connectivity index (χ3n) is 2.01. The smallest absolute Gasteiger partial charge is 0.351 e. The molecule has 0 spiro atoms. The van der Waals surface area contributed by atoms with Crippen molar-refractivity contribution in [3.8, 4) is 5.75 Å². The molecule has 0 fully saturated rings. The van der Waals surface area contributed by atoms with Crippen molar-refractivity contribution in [2.45, 2.75) is 0 Å². The predicted molar refractivity (Wildman–Crippen MR) is 62.5 cm³/mol. The lowest BCUT2D eigenvalue weighted by Gasteiger charge is -1.94. The van der Waals surface area contributed by atoms with Crippen molar-refractivity contribution in [2.24, 2.45) is 0 Å². The lowest BCUT2D eigenvalue weighted by molar-refractivity contribution is 0.0603. The molecule has 0 unspecified atom stereocenters. The van der Waals surface area contributed by atoms with E-state index in [2.05, 4.69) is 20.7 Å². The molecule has 5 heteroatoms. The third kappa shape index (κ3) is 1.61. The molecule has 2 rings (SSSR count). The van der Waals surface area contributed by atoms with Crippen LogP contribution in [0.15, 0.2) is 22.7 Å². The molecule has 1 heterocycles. The molecule has 0 saturated heterocycles. The first-order valence-corrected chi connectivity index (χ1v) is 5.74. The molecule has 2 aromatic rings. The van der Waals surface area contributed by atoms with Gasteiger partial charge in [0.15, 0.2) is 4.88 Å². The van der Waals surface area contributed by atoms with Crippen LogP contribution in [0.1, 0.15) is 9.67 Å². The van der Waals surface area contributed by atoms with E-state index in [0.29, 0.717) is 5.39 Å². The molecule has 0 bridgehead atoms. The number of aromatic hydroxyl groups is 1. The number of esters is 1. The highest BCUT2D eigenvalue weighted by molar-refractivity contribution is 9.10. The summed E-state index contributed by atoms with van der Waals surface area (Å²) in [5.41, 5.74) is 0. The van der Waals surface area contributed by atoms with Gasteiger partial charge in [-0.15, -0.1) is 11.3 Å². The lowest BCUT2D eigenvalue weighted by atomic mass is 10.2. The van der Waals surface area contributed by atoms with Gasteiger partial charge < -0.3 is 9.84 Å². The monoisotopic (exact) mass is 286 g/mol. The van der Waals surface area contributed by atoms with E-state index < -0.39 is 5.97 Å². The van der Waals surface area contributed by atoms with Crippen molar-refractivity contribution in [1.82, 2.24) is 0 Å². The number of ether oxygens (including phenoxy) is 1. The second-order valence-electron chi connectivity index (χ2n) is 2.89. The molecule has 0 aliphatic rings. The Kier molecular flexibility index (Phi) is 2.67. The number of thiophene rings is 1. The van der Waals surface area contributed by atoms with Gasteiger partial charge in [-0.1, -0.05) is 6.07 Å². The lowest BCUT2D eigenvalue weighted by Crippen LogP contribution is -1.97. The van der Waals surface area contributed by atoms with Crippen LogP contribution in [0, 0.1) is 0 Å². The molecule has 0 aliphatic carbocycles. The molecule has 3 nitrogen and oxygen atoms in total. The zero-order chi connectivity index (χ0) is 11.0. The van der Waals surface area contributed by atoms with Gasteiger partial charge >= 0.3 is 5.97 Å². The van der Waals surface area contributed by atoms with Crippen LogP contribution in [-0.2, 0) is 4.74 Å². The summed E-state index contributed by atoms with van der Waals surface area (Å²) in [6.45, 7) is 0. The van der Waals surface area contributed by atoms with Gasteiger partial charge in [-0.05, 0) is 28.1 Å². The van der Waals surface area contributed by atoms with Crippen molar-refractivity contribution >= 4 is 43.3 Å². The minimum Gasteiger partial charge on any atom is -0.505 e. The van der Waals surface area contributed by atoms with Crippen LogP contribution < -0.4 is 0 Å². The van der Waals surface area contributed by atoms with Crippen molar-refractivity contribution in [1.29, 1.82) is 0 Å². The van der Waals surface area contributed by atoms with Crippen LogP contribution in [-0.4, -0.2) is 18.2 Å². The molecule has 0 atom stereocenters. The quantitative estimate of drug-likeness (QED) is 0.819. The summed E-state index contributed by atoms with van der Waals surface area (Å²) in [7, 11) is 1.29. The van der Waals surface area contributed by atoms with E-state index in [-0.39, 0.29) is 10.6 Å². The zero-order valence-corrected chi connectivity index (χ0v) is 10.2. The maximum absolute atomic E-state index is 11.3. The molecule has 78 valence electrons. The molecular weight excluding hydrogens is 280 g/mol. The van der Waals surface area contributed by atoms with Crippen molar-refractivity contribution in [2.75, 3.05) is 7.11 Å². The fourth-order valence-corrected chi connectivity index (χ4v) is 2.93. The van der Waals surface area contributed by atoms with Crippen molar-refractivity contribution in [3.63, 3.8) is 0 Å². The van der Waals surface area contributed by atoms with E-state index in [9.17, 15) is 9.90 Å². The summed E-state index contributed by atoms with van der Waals surface area (Å²) in [5, 5.41) is 10.5. The fraction of sp³-hybridized carbons (Fsp3) is 0.100. The summed E-state index contributed by atoms with van der Waals surface area (Å²) in [4.78, 5) is 11.6. The average molecular weight is 287 g/mol. The fourth-order valence-electron chi connectivity index (χ4n) is 1.30. The Morgan fingerprint density at radius 2 is 2.27 bits per heavy atom. The number of carbonyl (C=O) groups is 1. The van der Waals surface area contributed by atoms with Crippen molar-refractivity contribution < 1.29 is 14.6 Å². The van der Waals surface area contributed by atoms with E-state index in [1.807, 2.05) is 6.07 Å². The number of rotatable bonds is 1. The first-order valence-electron chi connectivity index (χ1n) is 4.13. The van der Waals surface area contributed by atoms with E-state index >= 15 is 0 Å². The summed E-state index contributed by atoms with van der Waals surface area (Å²) in [5.74, 6) is -0.524. The maximum Gasteiger partial charge on any atom is 0.351 e. The Balaban J connectivity index is 2.75. The number of fused-ring (bicyclic) bond motifs is 1. The van der Waals surface area contributed by atoms with Gasteiger partial charge in [-0.25, -0.2) is 4.79 Å². The van der Waals surface area contributed by atoms with Gasteiger partial charge in [-0.3, -0.25) is 0 Å². The number of methoxy groups -OCH3 is 1. The highest BCUT2D eigenvalue weighted by Crippen LogP contribution is 2.40. The van der Waals surface area contributed by atoms with E-state index in [4.69, 9.17) is 0 Å². The first kappa shape index (κ1) is 10.4. The molecule has 0 amide bonds.